The summed E-state index contributed by atoms with van der Waals surface area (Å²) in [6.07, 6.45) is 4.85. The zero-order valence-electron chi connectivity index (χ0n) is 20.9. The van der Waals surface area contributed by atoms with Crippen LogP contribution in [0.2, 0.25) is 0 Å². The molecule has 0 bridgehead atoms. The van der Waals surface area contributed by atoms with E-state index in [9.17, 15) is 14.0 Å². The Morgan fingerprint density at radius 1 is 1.16 bits per heavy atom. The van der Waals surface area contributed by atoms with Crippen molar-refractivity contribution in [2.45, 2.75) is 20.3 Å². The molecule has 0 aliphatic carbocycles. The molecule has 1 amide bonds. The van der Waals surface area contributed by atoms with Crippen LogP contribution in [0.3, 0.4) is 0 Å². The lowest BCUT2D eigenvalue weighted by Crippen LogP contribution is -2.20. The van der Waals surface area contributed by atoms with Crippen LogP contribution in [0.25, 0.3) is 16.8 Å². The Morgan fingerprint density at radius 2 is 1.95 bits per heavy atom. The minimum atomic E-state index is -1.01. The quantitative estimate of drug-likeness (QED) is 0.248. The molecular weight excluding hydrogens is 487 g/mol. The zero-order valence-corrected chi connectivity index (χ0v) is 20.9. The summed E-state index contributed by atoms with van der Waals surface area (Å²) < 4.78 is 20.2. The molecular formula is C29H25FN4O4. The van der Waals surface area contributed by atoms with Gasteiger partial charge >= 0.3 is 5.97 Å². The lowest BCUT2D eigenvalue weighted by Gasteiger charge is -2.22. The van der Waals surface area contributed by atoms with Crippen LogP contribution < -0.4 is 15.0 Å². The summed E-state index contributed by atoms with van der Waals surface area (Å²) in [4.78, 5) is 34.4. The first kappa shape index (κ1) is 24.9. The van der Waals surface area contributed by atoms with E-state index in [1.54, 1.807) is 30.2 Å². The number of nitrogens with zero attached hydrogens (tertiary/aromatic N) is 3. The number of fused-ring (bicyclic) bond motifs is 3. The molecule has 0 spiro atoms. The third-order valence-corrected chi connectivity index (χ3v) is 6.37. The number of aryl methyl sites for hydroxylation is 1. The normalized spacial score (nSPS) is 12.7. The fraction of sp³-hybridized carbons (Fsp3) is 0.172. The maximum atomic E-state index is 14.1. The standard InChI is InChI=1S/C29H25FN4O4/c1-3-34-27-22(29(37)33-26-17(2)14-24(30)32-28(26)34)15-18(16-31-27)12-13-38-23-9-5-7-20-19(10-11-25(35)36)6-4-8-21(20)23/h4-11,14-16H,3,12-13H2,1-2H3,(H,33,37)(H,35,36)/b11-10+. The van der Waals surface area contributed by atoms with Gasteiger partial charge in [-0.25, -0.2) is 9.78 Å². The van der Waals surface area contributed by atoms with Gasteiger partial charge in [-0.05, 0) is 60.2 Å². The smallest absolute Gasteiger partial charge is 0.328 e. The first-order chi connectivity index (χ1) is 18.4. The maximum absolute atomic E-state index is 14.1. The summed E-state index contributed by atoms with van der Waals surface area (Å²) in [5, 5.41) is 13.6. The van der Waals surface area contributed by atoms with Crippen LogP contribution >= 0.6 is 0 Å². The lowest BCUT2D eigenvalue weighted by molar-refractivity contribution is -0.131. The Hall–Kier alpha value is -4.79. The number of carbonyl (C=O) groups is 2. The van der Waals surface area contributed by atoms with Gasteiger partial charge < -0.3 is 20.1 Å². The van der Waals surface area contributed by atoms with E-state index >= 15 is 0 Å². The van der Waals surface area contributed by atoms with Crippen LogP contribution in [-0.2, 0) is 11.2 Å². The van der Waals surface area contributed by atoms with Gasteiger partial charge in [0.2, 0.25) is 5.95 Å². The SMILES string of the molecule is CCN1c2ncc(CCOc3cccc4c(/C=C/C(=O)O)cccc34)cc2C(=O)Nc2c(C)cc(F)nc21. The molecule has 4 aromatic rings. The molecule has 2 N–H and O–H groups in total. The number of anilines is 3. The van der Waals surface area contributed by atoms with Crippen molar-refractivity contribution >= 4 is 46.0 Å². The Kier molecular flexibility index (Phi) is 6.74. The van der Waals surface area contributed by atoms with Crippen LogP contribution in [0, 0.1) is 12.9 Å². The number of rotatable bonds is 7. The molecule has 0 unspecified atom stereocenters. The molecule has 5 rings (SSSR count). The number of hydrogen-bond acceptors (Lipinski definition) is 6. The van der Waals surface area contributed by atoms with Crippen LogP contribution in [0.5, 0.6) is 5.75 Å². The summed E-state index contributed by atoms with van der Waals surface area (Å²) >= 11 is 0. The van der Waals surface area contributed by atoms with Crippen molar-refractivity contribution < 1.29 is 23.8 Å². The Bertz CT molecular complexity index is 1600. The monoisotopic (exact) mass is 512 g/mol. The van der Waals surface area contributed by atoms with Gasteiger partial charge in [0.1, 0.15) is 11.6 Å². The Morgan fingerprint density at radius 3 is 2.74 bits per heavy atom. The molecule has 9 heteroatoms. The van der Waals surface area contributed by atoms with E-state index in [1.807, 2.05) is 43.3 Å². The maximum Gasteiger partial charge on any atom is 0.328 e. The van der Waals surface area contributed by atoms with Gasteiger partial charge in [-0.2, -0.15) is 9.37 Å². The number of carbonyl (C=O) groups excluding carboxylic acids is 1. The second kappa shape index (κ2) is 10.3. The van der Waals surface area contributed by atoms with Gasteiger partial charge in [0.05, 0.1) is 17.9 Å². The van der Waals surface area contributed by atoms with E-state index in [0.717, 1.165) is 28.0 Å². The van der Waals surface area contributed by atoms with Crippen LogP contribution in [0.1, 0.15) is 34.0 Å². The van der Waals surface area contributed by atoms with Crippen LogP contribution in [-0.4, -0.2) is 40.1 Å². The van der Waals surface area contributed by atoms with E-state index < -0.39 is 11.9 Å². The lowest BCUT2D eigenvalue weighted by atomic mass is 10.0. The number of carboxylic acids is 1. The Balaban J connectivity index is 1.38. The molecule has 2 aromatic heterocycles. The minimum absolute atomic E-state index is 0.328. The summed E-state index contributed by atoms with van der Waals surface area (Å²) in [7, 11) is 0. The average Bonchev–Trinajstić information content (AvgIpc) is 3.01. The van der Waals surface area contributed by atoms with Crippen molar-refractivity contribution in [2.24, 2.45) is 0 Å². The molecule has 0 atom stereocenters. The molecule has 1 aliphatic rings. The summed E-state index contributed by atoms with van der Waals surface area (Å²) in [6, 6.07) is 14.3. The molecule has 1 aliphatic heterocycles. The predicted molar refractivity (Wildman–Crippen MR) is 144 cm³/mol. The first-order valence-electron chi connectivity index (χ1n) is 12.2. The summed E-state index contributed by atoms with van der Waals surface area (Å²) in [6.45, 7) is 4.40. The second-order valence-corrected chi connectivity index (χ2v) is 8.84. The Labute approximate surface area is 218 Å². The molecule has 192 valence electrons. The fourth-order valence-corrected chi connectivity index (χ4v) is 4.58. The third-order valence-electron chi connectivity index (χ3n) is 6.37. The number of pyridine rings is 2. The van der Waals surface area contributed by atoms with Gasteiger partial charge in [0, 0.05) is 30.6 Å². The van der Waals surface area contributed by atoms with Crippen LogP contribution in [0.4, 0.5) is 21.7 Å². The summed E-state index contributed by atoms with van der Waals surface area (Å²) in [5.41, 5.74) is 3.01. The van der Waals surface area contributed by atoms with Crippen molar-refractivity contribution in [3.63, 3.8) is 0 Å². The topological polar surface area (TPSA) is 105 Å². The van der Waals surface area contributed by atoms with E-state index in [4.69, 9.17) is 9.84 Å². The molecule has 8 nitrogen and oxygen atoms in total. The number of carboxylic acid groups (broad SMARTS) is 1. The molecule has 2 aromatic carbocycles. The van der Waals surface area contributed by atoms with Crippen molar-refractivity contribution in [1.82, 2.24) is 9.97 Å². The van der Waals surface area contributed by atoms with Crippen molar-refractivity contribution in [2.75, 3.05) is 23.4 Å². The number of amides is 1. The highest BCUT2D eigenvalue weighted by Crippen LogP contribution is 2.37. The second-order valence-electron chi connectivity index (χ2n) is 8.84. The number of aliphatic carboxylic acids is 1. The van der Waals surface area contributed by atoms with Crippen molar-refractivity contribution in [3.8, 4) is 5.75 Å². The van der Waals surface area contributed by atoms with E-state index in [2.05, 4.69) is 15.3 Å². The summed E-state index contributed by atoms with van der Waals surface area (Å²) in [5.74, 6) is -0.549. The van der Waals surface area contributed by atoms with Crippen LogP contribution in [0.15, 0.2) is 60.8 Å². The van der Waals surface area contributed by atoms with Gasteiger partial charge in [0.15, 0.2) is 5.82 Å². The molecule has 0 fully saturated rings. The first-order valence-corrected chi connectivity index (χ1v) is 12.2. The highest BCUT2D eigenvalue weighted by molar-refractivity contribution is 6.12. The molecule has 0 saturated carbocycles. The van der Waals surface area contributed by atoms with Gasteiger partial charge in [0.25, 0.3) is 5.91 Å². The van der Waals surface area contributed by atoms with Crippen molar-refractivity contribution in [1.29, 1.82) is 0 Å². The number of hydrogen-bond donors (Lipinski definition) is 2. The molecule has 0 radical (unpaired) electrons. The molecule has 3 heterocycles. The highest BCUT2D eigenvalue weighted by atomic mass is 19.1. The average molecular weight is 513 g/mol. The number of ether oxygens (including phenoxy) is 1. The molecule has 0 saturated heterocycles. The molecule has 38 heavy (non-hydrogen) atoms. The zero-order chi connectivity index (χ0) is 26.8. The highest BCUT2D eigenvalue weighted by Gasteiger charge is 2.28. The number of aromatic nitrogens is 2. The largest absolute Gasteiger partial charge is 0.493 e. The number of halogens is 1. The van der Waals surface area contributed by atoms with E-state index in [-0.39, 0.29) is 5.91 Å². The minimum Gasteiger partial charge on any atom is -0.493 e. The van der Waals surface area contributed by atoms with Gasteiger partial charge in [-0.3, -0.25) is 4.79 Å². The fourth-order valence-electron chi connectivity index (χ4n) is 4.58. The number of nitrogens with one attached hydrogen (secondary N) is 1. The van der Waals surface area contributed by atoms with Crippen molar-refractivity contribution in [3.05, 3.63) is 89.0 Å². The third kappa shape index (κ3) is 4.78. The van der Waals surface area contributed by atoms with E-state index in [1.165, 1.54) is 6.07 Å². The predicted octanol–water partition coefficient (Wildman–Crippen LogP) is 5.52. The van der Waals surface area contributed by atoms with Gasteiger partial charge in [-0.1, -0.05) is 30.3 Å². The number of benzene rings is 2. The van der Waals surface area contributed by atoms with Gasteiger partial charge in [-0.15, -0.1) is 0 Å². The van der Waals surface area contributed by atoms with E-state index in [0.29, 0.717) is 53.8 Å².